The molecular weight excluding hydrogens is 272 g/mol. The quantitative estimate of drug-likeness (QED) is 0.789. The third kappa shape index (κ3) is 2.47. The summed E-state index contributed by atoms with van der Waals surface area (Å²) in [6.07, 6.45) is 4.29. The van der Waals surface area contributed by atoms with E-state index in [0.29, 0.717) is 23.4 Å². The lowest BCUT2D eigenvalue weighted by atomic mass is 9.85. The molecule has 3 N–H and O–H groups in total. The Morgan fingerprint density at radius 2 is 2.35 bits per heavy atom. The highest BCUT2D eigenvalue weighted by Gasteiger charge is 2.34. The van der Waals surface area contributed by atoms with Gasteiger partial charge >= 0.3 is 0 Å². The van der Waals surface area contributed by atoms with Gasteiger partial charge in [-0.2, -0.15) is 0 Å². The summed E-state index contributed by atoms with van der Waals surface area (Å²) in [5.74, 6) is 1.54. The SMILES string of the molecule is NC(=S)c1cccnc1N1CCC2NC(=O)CCC2C1. The van der Waals surface area contributed by atoms with Gasteiger partial charge in [-0.1, -0.05) is 12.2 Å². The molecule has 0 saturated carbocycles. The number of rotatable bonds is 2. The molecule has 0 aliphatic carbocycles. The summed E-state index contributed by atoms with van der Waals surface area (Å²) < 4.78 is 0. The molecule has 2 fully saturated rings. The molecule has 2 aliphatic heterocycles. The van der Waals surface area contributed by atoms with Crippen LogP contribution >= 0.6 is 12.2 Å². The number of nitrogens with one attached hydrogen (secondary N) is 1. The van der Waals surface area contributed by atoms with E-state index in [9.17, 15) is 4.79 Å². The molecule has 3 heterocycles. The number of nitrogens with zero attached hydrogens (tertiary/aromatic N) is 2. The van der Waals surface area contributed by atoms with Gasteiger partial charge in [0.25, 0.3) is 0 Å². The standard InChI is InChI=1S/C14H18N4OS/c15-13(20)10-2-1-6-16-14(10)18-7-5-11-9(8-18)3-4-12(19)17-11/h1-2,6,9,11H,3-5,7-8H2,(H2,15,20)(H,17,19). The molecule has 1 amide bonds. The van der Waals surface area contributed by atoms with Crippen LogP contribution in [0.1, 0.15) is 24.8 Å². The summed E-state index contributed by atoms with van der Waals surface area (Å²) in [5, 5.41) is 3.09. The van der Waals surface area contributed by atoms with E-state index < -0.39 is 0 Å². The van der Waals surface area contributed by atoms with Crippen LogP contribution in [0.3, 0.4) is 0 Å². The number of aromatic nitrogens is 1. The van der Waals surface area contributed by atoms with Crippen molar-refractivity contribution >= 4 is 28.9 Å². The van der Waals surface area contributed by atoms with Crippen molar-refractivity contribution in [3.63, 3.8) is 0 Å². The van der Waals surface area contributed by atoms with Crippen LogP contribution in [0.15, 0.2) is 18.3 Å². The second kappa shape index (κ2) is 5.36. The van der Waals surface area contributed by atoms with Gasteiger partial charge in [0.05, 0.1) is 5.56 Å². The summed E-state index contributed by atoms with van der Waals surface area (Å²) in [7, 11) is 0. The largest absolute Gasteiger partial charge is 0.389 e. The first kappa shape index (κ1) is 13.3. The molecule has 0 spiro atoms. The van der Waals surface area contributed by atoms with Crippen LogP contribution in [0.2, 0.25) is 0 Å². The molecule has 2 aliphatic rings. The number of piperidine rings is 2. The van der Waals surface area contributed by atoms with Crippen molar-refractivity contribution in [1.29, 1.82) is 0 Å². The Kier molecular flexibility index (Phi) is 3.56. The van der Waals surface area contributed by atoms with Crippen molar-refractivity contribution in [2.75, 3.05) is 18.0 Å². The van der Waals surface area contributed by atoms with E-state index in [1.807, 2.05) is 12.1 Å². The maximum atomic E-state index is 11.4. The number of hydrogen-bond donors (Lipinski definition) is 2. The zero-order valence-corrected chi connectivity index (χ0v) is 12.0. The maximum Gasteiger partial charge on any atom is 0.220 e. The van der Waals surface area contributed by atoms with Crippen LogP contribution in [0.5, 0.6) is 0 Å². The van der Waals surface area contributed by atoms with Crippen LogP contribution in [0, 0.1) is 5.92 Å². The molecule has 0 bridgehead atoms. The lowest BCUT2D eigenvalue weighted by Crippen LogP contribution is -2.54. The fraction of sp³-hybridized carbons (Fsp3) is 0.500. The zero-order chi connectivity index (χ0) is 14.1. The van der Waals surface area contributed by atoms with Crippen molar-refractivity contribution in [1.82, 2.24) is 10.3 Å². The summed E-state index contributed by atoms with van der Waals surface area (Å²) in [6.45, 7) is 1.77. The van der Waals surface area contributed by atoms with E-state index in [4.69, 9.17) is 18.0 Å². The topological polar surface area (TPSA) is 71.2 Å². The number of thiocarbonyl (C=S) groups is 1. The van der Waals surface area contributed by atoms with Crippen LogP contribution in [0.25, 0.3) is 0 Å². The van der Waals surface area contributed by atoms with E-state index in [-0.39, 0.29) is 5.91 Å². The molecule has 1 aromatic heterocycles. The average molecular weight is 290 g/mol. The lowest BCUT2D eigenvalue weighted by molar-refractivity contribution is -0.124. The van der Waals surface area contributed by atoms with Crippen LogP contribution in [-0.4, -0.2) is 35.0 Å². The average Bonchev–Trinajstić information content (AvgIpc) is 2.46. The van der Waals surface area contributed by atoms with Crippen LogP contribution in [0.4, 0.5) is 5.82 Å². The smallest absolute Gasteiger partial charge is 0.220 e. The highest BCUT2D eigenvalue weighted by molar-refractivity contribution is 7.80. The zero-order valence-electron chi connectivity index (χ0n) is 11.2. The van der Waals surface area contributed by atoms with Gasteiger partial charge < -0.3 is 16.0 Å². The molecular formula is C14H18N4OS. The summed E-state index contributed by atoms with van der Waals surface area (Å²) >= 11 is 5.10. The van der Waals surface area contributed by atoms with Gasteiger partial charge in [-0.25, -0.2) is 4.98 Å². The number of nitrogens with two attached hydrogens (primary N) is 1. The summed E-state index contributed by atoms with van der Waals surface area (Å²) in [4.78, 5) is 18.5. The van der Waals surface area contributed by atoms with Gasteiger partial charge in [0.1, 0.15) is 10.8 Å². The van der Waals surface area contributed by atoms with Gasteiger partial charge in [-0.15, -0.1) is 0 Å². The Bertz CT molecular complexity index is 548. The van der Waals surface area contributed by atoms with Crippen molar-refractivity contribution < 1.29 is 4.79 Å². The number of carbonyl (C=O) groups excluding carboxylic acids is 1. The fourth-order valence-electron chi connectivity index (χ4n) is 3.14. The molecule has 0 aromatic carbocycles. The molecule has 5 nitrogen and oxygen atoms in total. The molecule has 106 valence electrons. The van der Waals surface area contributed by atoms with Crippen molar-refractivity contribution in [3.05, 3.63) is 23.9 Å². The predicted molar refractivity (Wildman–Crippen MR) is 81.6 cm³/mol. The van der Waals surface area contributed by atoms with E-state index in [1.54, 1.807) is 6.20 Å². The molecule has 3 rings (SSSR count). The summed E-state index contributed by atoms with van der Waals surface area (Å²) in [6, 6.07) is 4.08. The predicted octanol–water partition coefficient (Wildman–Crippen LogP) is 0.821. The number of anilines is 1. The molecule has 2 unspecified atom stereocenters. The van der Waals surface area contributed by atoms with Gasteiger partial charge in [-0.05, 0) is 30.9 Å². The second-order valence-corrected chi connectivity index (χ2v) is 5.89. The molecule has 2 saturated heterocycles. The number of pyridine rings is 1. The van der Waals surface area contributed by atoms with Gasteiger partial charge in [0, 0.05) is 31.7 Å². The Labute approximate surface area is 123 Å². The first-order valence-electron chi connectivity index (χ1n) is 6.94. The fourth-order valence-corrected chi connectivity index (χ4v) is 3.30. The third-order valence-electron chi connectivity index (χ3n) is 4.17. The Hall–Kier alpha value is -1.69. The molecule has 6 heteroatoms. The summed E-state index contributed by atoms with van der Waals surface area (Å²) in [5.41, 5.74) is 6.61. The molecule has 20 heavy (non-hydrogen) atoms. The van der Waals surface area contributed by atoms with Crippen LogP contribution < -0.4 is 16.0 Å². The van der Waals surface area contributed by atoms with E-state index in [2.05, 4.69) is 15.2 Å². The second-order valence-electron chi connectivity index (χ2n) is 5.45. The first-order chi connectivity index (χ1) is 9.65. The molecule has 1 aromatic rings. The first-order valence-corrected chi connectivity index (χ1v) is 7.35. The Morgan fingerprint density at radius 3 is 3.15 bits per heavy atom. The van der Waals surface area contributed by atoms with Gasteiger partial charge in [0.15, 0.2) is 0 Å². The van der Waals surface area contributed by atoms with E-state index in [1.165, 1.54) is 0 Å². The Balaban J connectivity index is 1.80. The number of fused-ring (bicyclic) bond motifs is 1. The molecule has 0 radical (unpaired) electrons. The third-order valence-corrected chi connectivity index (χ3v) is 4.39. The van der Waals surface area contributed by atoms with Gasteiger partial charge in [-0.3, -0.25) is 4.79 Å². The minimum absolute atomic E-state index is 0.182. The van der Waals surface area contributed by atoms with Crippen LogP contribution in [-0.2, 0) is 4.79 Å². The van der Waals surface area contributed by atoms with Crippen molar-refractivity contribution in [2.45, 2.75) is 25.3 Å². The van der Waals surface area contributed by atoms with E-state index >= 15 is 0 Å². The number of hydrogen-bond acceptors (Lipinski definition) is 4. The minimum Gasteiger partial charge on any atom is -0.389 e. The lowest BCUT2D eigenvalue weighted by Gasteiger charge is -2.42. The van der Waals surface area contributed by atoms with Gasteiger partial charge in [0.2, 0.25) is 5.91 Å². The van der Waals surface area contributed by atoms with E-state index in [0.717, 1.165) is 37.3 Å². The normalized spacial score (nSPS) is 25.8. The van der Waals surface area contributed by atoms with Crippen molar-refractivity contribution in [2.24, 2.45) is 11.7 Å². The molecule has 2 atom stereocenters. The van der Waals surface area contributed by atoms with Crippen molar-refractivity contribution in [3.8, 4) is 0 Å². The highest BCUT2D eigenvalue weighted by Crippen LogP contribution is 2.29. The Morgan fingerprint density at radius 1 is 1.50 bits per heavy atom. The number of carbonyl (C=O) groups is 1. The minimum atomic E-state index is 0.182. The maximum absolute atomic E-state index is 11.4. The monoisotopic (exact) mass is 290 g/mol. The number of amides is 1. The highest BCUT2D eigenvalue weighted by atomic mass is 32.1.